The fourth-order valence-corrected chi connectivity index (χ4v) is 4.00. The van der Waals surface area contributed by atoms with E-state index in [9.17, 15) is 8.42 Å². The standard InChI is InChI=1S/C14H24N2O4S/c1-3-16-6-4-12(5-7-16)9-15-21(18,19)14-8-13(10-17)20-11(14)2/h8,12,15,17H,3-7,9-10H2,1-2H3. The normalized spacial score (nSPS) is 18.2. The van der Waals surface area contributed by atoms with Crippen molar-refractivity contribution in [3.8, 4) is 0 Å². The third kappa shape index (κ3) is 4.06. The Morgan fingerprint density at radius 3 is 2.62 bits per heavy atom. The van der Waals surface area contributed by atoms with Crippen LogP contribution < -0.4 is 4.72 Å². The highest BCUT2D eigenvalue weighted by atomic mass is 32.2. The fourth-order valence-electron chi connectivity index (χ4n) is 2.68. The lowest BCUT2D eigenvalue weighted by atomic mass is 9.97. The second-order valence-electron chi connectivity index (χ2n) is 5.52. The van der Waals surface area contributed by atoms with Gasteiger partial charge in [0, 0.05) is 12.6 Å². The number of sulfonamides is 1. The Balaban J connectivity index is 1.94. The molecule has 2 rings (SSSR count). The molecule has 0 aromatic carbocycles. The summed E-state index contributed by atoms with van der Waals surface area (Å²) in [6.45, 7) is 7.00. The van der Waals surface area contributed by atoms with E-state index in [0.29, 0.717) is 18.2 Å². The van der Waals surface area contributed by atoms with E-state index in [4.69, 9.17) is 9.52 Å². The molecule has 1 aliphatic heterocycles. The van der Waals surface area contributed by atoms with Crippen LogP contribution in [0.1, 0.15) is 31.3 Å². The molecule has 0 radical (unpaired) electrons. The number of nitrogens with one attached hydrogen (secondary N) is 1. The van der Waals surface area contributed by atoms with Crippen molar-refractivity contribution in [2.75, 3.05) is 26.2 Å². The molecule has 120 valence electrons. The highest BCUT2D eigenvalue weighted by Crippen LogP contribution is 2.21. The average molecular weight is 316 g/mol. The Hall–Kier alpha value is -0.890. The average Bonchev–Trinajstić information content (AvgIpc) is 2.88. The van der Waals surface area contributed by atoms with Gasteiger partial charge in [0.15, 0.2) is 0 Å². The molecule has 1 aromatic rings. The summed E-state index contributed by atoms with van der Waals surface area (Å²) in [4.78, 5) is 2.50. The van der Waals surface area contributed by atoms with Crippen molar-refractivity contribution in [3.63, 3.8) is 0 Å². The molecule has 0 atom stereocenters. The first-order valence-electron chi connectivity index (χ1n) is 7.38. The van der Waals surface area contributed by atoms with E-state index in [1.165, 1.54) is 6.07 Å². The molecule has 2 heterocycles. The molecule has 2 N–H and O–H groups in total. The highest BCUT2D eigenvalue weighted by molar-refractivity contribution is 7.89. The van der Waals surface area contributed by atoms with Crippen LogP contribution in [0.5, 0.6) is 0 Å². The van der Waals surface area contributed by atoms with Gasteiger partial charge in [-0.2, -0.15) is 0 Å². The van der Waals surface area contributed by atoms with Gasteiger partial charge in [0.05, 0.1) is 0 Å². The van der Waals surface area contributed by atoms with Crippen molar-refractivity contribution in [2.24, 2.45) is 5.92 Å². The van der Waals surface area contributed by atoms with E-state index in [1.807, 2.05) is 0 Å². The number of piperidine rings is 1. The Labute approximate surface area is 126 Å². The predicted octanol–water partition coefficient (Wildman–Crippen LogP) is 1.09. The van der Waals surface area contributed by atoms with Gasteiger partial charge >= 0.3 is 0 Å². The van der Waals surface area contributed by atoms with Crippen LogP contribution in [-0.4, -0.2) is 44.6 Å². The molecule has 7 heteroatoms. The Kier molecular flexibility index (Phi) is 5.43. The maximum absolute atomic E-state index is 12.3. The van der Waals surface area contributed by atoms with E-state index >= 15 is 0 Å². The lowest BCUT2D eigenvalue weighted by molar-refractivity contribution is 0.193. The van der Waals surface area contributed by atoms with Gasteiger partial charge in [-0.25, -0.2) is 13.1 Å². The minimum absolute atomic E-state index is 0.123. The third-order valence-electron chi connectivity index (χ3n) is 4.09. The quantitative estimate of drug-likeness (QED) is 0.821. The van der Waals surface area contributed by atoms with Gasteiger partial charge in [-0.3, -0.25) is 0 Å². The summed E-state index contributed by atoms with van der Waals surface area (Å²) in [6, 6.07) is 1.39. The van der Waals surface area contributed by atoms with Gasteiger partial charge in [0.25, 0.3) is 0 Å². The summed E-state index contributed by atoms with van der Waals surface area (Å²) >= 11 is 0. The Morgan fingerprint density at radius 2 is 2.10 bits per heavy atom. The molecule has 1 aromatic heterocycles. The molecule has 0 bridgehead atoms. The lowest BCUT2D eigenvalue weighted by Crippen LogP contribution is -2.38. The molecule has 1 saturated heterocycles. The maximum atomic E-state index is 12.3. The van der Waals surface area contributed by atoms with Crippen molar-refractivity contribution in [3.05, 3.63) is 17.6 Å². The number of aryl methyl sites for hydroxylation is 1. The van der Waals surface area contributed by atoms with Gasteiger partial charge in [0.1, 0.15) is 23.0 Å². The van der Waals surface area contributed by atoms with Crippen molar-refractivity contribution >= 4 is 10.0 Å². The minimum Gasteiger partial charge on any atom is -0.462 e. The molecule has 1 aliphatic rings. The topological polar surface area (TPSA) is 82.8 Å². The van der Waals surface area contributed by atoms with Crippen LogP contribution in [-0.2, 0) is 16.6 Å². The summed E-state index contributed by atoms with van der Waals surface area (Å²) in [7, 11) is -3.57. The number of likely N-dealkylation sites (tertiary alicyclic amines) is 1. The van der Waals surface area contributed by atoms with Crippen molar-refractivity contribution in [1.82, 2.24) is 9.62 Å². The van der Waals surface area contributed by atoms with Crippen LogP contribution in [0.15, 0.2) is 15.4 Å². The van der Waals surface area contributed by atoms with E-state index < -0.39 is 10.0 Å². The van der Waals surface area contributed by atoms with Crippen molar-refractivity contribution < 1.29 is 17.9 Å². The lowest BCUT2D eigenvalue weighted by Gasteiger charge is -2.30. The van der Waals surface area contributed by atoms with Gasteiger partial charge in [-0.15, -0.1) is 0 Å². The zero-order valence-electron chi connectivity index (χ0n) is 12.6. The summed E-state index contributed by atoms with van der Waals surface area (Å²) in [5.74, 6) is 0.962. The first-order valence-corrected chi connectivity index (χ1v) is 8.86. The summed E-state index contributed by atoms with van der Waals surface area (Å²) < 4.78 is 32.4. The van der Waals surface area contributed by atoms with Crippen LogP contribution in [0.4, 0.5) is 0 Å². The largest absolute Gasteiger partial charge is 0.462 e. The first kappa shape index (κ1) is 16.5. The minimum atomic E-state index is -3.57. The number of nitrogens with zero attached hydrogens (tertiary/aromatic N) is 1. The van der Waals surface area contributed by atoms with Crippen LogP contribution in [0.25, 0.3) is 0 Å². The van der Waals surface area contributed by atoms with E-state index in [-0.39, 0.29) is 17.3 Å². The smallest absolute Gasteiger partial charge is 0.244 e. The summed E-state index contributed by atoms with van der Waals surface area (Å²) in [6.07, 6.45) is 2.03. The Morgan fingerprint density at radius 1 is 1.43 bits per heavy atom. The van der Waals surface area contributed by atoms with Crippen LogP contribution >= 0.6 is 0 Å². The van der Waals surface area contributed by atoms with Gasteiger partial charge in [0.2, 0.25) is 10.0 Å². The zero-order chi connectivity index (χ0) is 15.5. The molecular weight excluding hydrogens is 292 g/mol. The van der Waals surface area contributed by atoms with Crippen molar-refractivity contribution in [1.29, 1.82) is 0 Å². The van der Waals surface area contributed by atoms with Crippen LogP contribution in [0, 0.1) is 12.8 Å². The molecule has 1 fully saturated rings. The van der Waals surface area contributed by atoms with E-state index in [2.05, 4.69) is 16.5 Å². The maximum Gasteiger partial charge on any atom is 0.244 e. The first-order chi connectivity index (χ1) is 9.96. The predicted molar refractivity (Wildman–Crippen MR) is 79.4 cm³/mol. The second-order valence-corrected chi connectivity index (χ2v) is 7.26. The van der Waals surface area contributed by atoms with Gasteiger partial charge < -0.3 is 14.4 Å². The van der Waals surface area contributed by atoms with E-state index in [1.54, 1.807) is 6.92 Å². The number of hydrogen-bond acceptors (Lipinski definition) is 5. The molecule has 21 heavy (non-hydrogen) atoms. The number of hydrogen-bond donors (Lipinski definition) is 2. The number of aliphatic hydroxyl groups is 1. The summed E-state index contributed by atoms with van der Waals surface area (Å²) in [5, 5.41) is 9.01. The third-order valence-corrected chi connectivity index (χ3v) is 5.62. The monoisotopic (exact) mass is 316 g/mol. The molecule has 0 spiro atoms. The van der Waals surface area contributed by atoms with Crippen LogP contribution in [0.2, 0.25) is 0 Å². The molecular formula is C14H24N2O4S. The fraction of sp³-hybridized carbons (Fsp3) is 0.714. The molecule has 0 unspecified atom stereocenters. The number of aliphatic hydroxyl groups excluding tert-OH is 1. The van der Waals surface area contributed by atoms with Gasteiger partial charge in [-0.1, -0.05) is 6.92 Å². The molecule has 0 amide bonds. The number of furan rings is 1. The van der Waals surface area contributed by atoms with E-state index in [0.717, 1.165) is 32.5 Å². The molecule has 0 saturated carbocycles. The van der Waals surface area contributed by atoms with Crippen LogP contribution in [0.3, 0.4) is 0 Å². The second kappa shape index (κ2) is 6.91. The Bertz CT molecular complexity index is 560. The van der Waals surface area contributed by atoms with Gasteiger partial charge in [-0.05, 0) is 45.3 Å². The molecule has 0 aliphatic carbocycles. The summed E-state index contributed by atoms with van der Waals surface area (Å²) in [5.41, 5.74) is 0. The van der Waals surface area contributed by atoms with Crippen molar-refractivity contribution in [2.45, 2.75) is 38.2 Å². The molecule has 6 nitrogen and oxygen atoms in total. The number of rotatable bonds is 6. The SMILES string of the molecule is CCN1CCC(CNS(=O)(=O)c2cc(CO)oc2C)CC1. The highest BCUT2D eigenvalue weighted by Gasteiger charge is 2.24. The zero-order valence-corrected chi connectivity index (χ0v) is 13.4.